The molecule has 0 bridgehead atoms. The standard InChI is InChI=1S/C24H28O10/c1-32-16-9-13(23-21(29)19(27)20(28)22(34-23)11-6-7-14(11)25)17(33-2)8-12(16)10-4-3-5-15(26)18(10)24(30)31/h3-5,8-9,11,14,19-23,25-29H,6-7H2,1-2H3,(H,30,31). The number of methoxy groups -OCH3 is 2. The number of ether oxygens (including phenoxy) is 3. The lowest BCUT2D eigenvalue weighted by molar-refractivity contribution is -0.254. The summed E-state index contributed by atoms with van der Waals surface area (Å²) < 4.78 is 17.0. The number of carboxylic acids is 1. The molecule has 2 fully saturated rings. The normalized spacial score (nSPS) is 30.9. The molecule has 2 aromatic rings. The summed E-state index contributed by atoms with van der Waals surface area (Å²) in [5, 5.41) is 61.5. The van der Waals surface area contributed by atoms with E-state index in [2.05, 4.69) is 0 Å². The van der Waals surface area contributed by atoms with Gasteiger partial charge in [0.2, 0.25) is 0 Å². The van der Waals surface area contributed by atoms with E-state index in [1.54, 1.807) is 0 Å². The molecule has 6 N–H and O–H groups in total. The zero-order valence-corrected chi connectivity index (χ0v) is 18.7. The Morgan fingerprint density at radius 1 is 0.941 bits per heavy atom. The van der Waals surface area contributed by atoms with Gasteiger partial charge >= 0.3 is 5.97 Å². The number of aliphatic hydroxyl groups is 4. The van der Waals surface area contributed by atoms with Crippen molar-refractivity contribution in [1.82, 2.24) is 0 Å². The van der Waals surface area contributed by atoms with Crippen LogP contribution < -0.4 is 9.47 Å². The molecule has 2 aromatic carbocycles. The second-order valence-corrected chi connectivity index (χ2v) is 8.60. The van der Waals surface area contributed by atoms with Gasteiger partial charge < -0.3 is 44.8 Å². The number of phenols is 1. The molecular weight excluding hydrogens is 448 g/mol. The molecule has 1 aliphatic heterocycles. The molecule has 184 valence electrons. The molecular formula is C24H28O10. The summed E-state index contributed by atoms with van der Waals surface area (Å²) in [6.07, 6.45) is -5.98. The Bertz CT molecular complexity index is 1070. The highest BCUT2D eigenvalue weighted by Crippen LogP contribution is 2.46. The molecule has 0 amide bonds. The van der Waals surface area contributed by atoms with Gasteiger partial charge in [0.1, 0.15) is 47.2 Å². The van der Waals surface area contributed by atoms with Crippen LogP contribution in [-0.4, -0.2) is 81.3 Å². The zero-order chi connectivity index (χ0) is 24.7. The minimum absolute atomic E-state index is 0.185. The number of hydrogen-bond acceptors (Lipinski definition) is 9. The SMILES string of the molecule is COc1cc(C2OC(C3CCC3O)C(O)C(O)C2O)c(OC)cc1-c1cccc(O)c1C(=O)O. The van der Waals surface area contributed by atoms with E-state index in [0.717, 1.165) is 0 Å². The maximum atomic E-state index is 11.8. The molecule has 1 saturated heterocycles. The predicted molar refractivity (Wildman–Crippen MR) is 118 cm³/mol. The molecule has 4 rings (SSSR count). The van der Waals surface area contributed by atoms with E-state index < -0.39 is 54.3 Å². The van der Waals surface area contributed by atoms with E-state index in [9.17, 15) is 35.4 Å². The van der Waals surface area contributed by atoms with Crippen molar-refractivity contribution in [2.75, 3.05) is 14.2 Å². The van der Waals surface area contributed by atoms with Crippen LogP contribution in [0, 0.1) is 5.92 Å². The van der Waals surface area contributed by atoms with Crippen LogP contribution in [0.4, 0.5) is 0 Å². The van der Waals surface area contributed by atoms with Gasteiger partial charge in [-0.1, -0.05) is 12.1 Å². The summed E-state index contributed by atoms with van der Waals surface area (Å²) >= 11 is 0. The lowest BCUT2D eigenvalue weighted by Crippen LogP contribution is -2.59. The Morgan fingerprint density at radius 3 is 2.21 bits per heavy atom. The highest BCUT2D eigenvalue weighted by Gasteiger charge is 2.51. The molecule has 0 aromatic heterocycles. The summed E-state index contributed by atoms with van der Waals surface area (Å²) in [4.78, 5) is 11.8. The smallest absolute Gasteiger partial charge is 0.340 e. The van der Waals surface area contributed by atoms with Gasteiger partial charge in [-0.05, 0) is 31.0 Å². The maximum absolute atomic E-state index is 11.8. The molecule has 7 unspecified atom stereocenters. The highest BCUT2D eigenvalue weighted by atomic mass is 16.5. The molecule has 10 nitrogen and oxygen atoms in total. The monoisotopic (exact) mass is 476 g/mol. The molecule has 7 atom stereocenters. The van der Waals surface area contributed by atoms with E-state index in [4.69, 9.17) is 14.2 Å². The van der Waals surface area contributed by atoms with E-state index >= 15 is 0 Å². The lowest BCUT2D eigenvalue weighted by atomic mass is 9.73. The van der Waals surface area contributed by atoms with Crippen LogP contribution >= 0.6 is 0 Å². The number of hydrogen-bond donors (Lipinski definition) is 6. The minimum atomic E-state index is -1.53. The minimum Gasteiger partial charge on any atom is -0.507 e. The van der Waals surface area contributed by atoms with Crippen molar-refractivity contribution in [3.63, 3.8) is 0 Å². The van der Waals surface area contributed by atoms with Gasteiger partial charge in [0, 0.05) is 22.6 Å². The third-order valence-corrected chi connectivity index (χ3v) is 6.77. The Labute approximate surface area is 195 Å². The van der Waals surface area contributed by atoms with Crippen molar-refractivity contribution in [2.45, 2.75) is 49.5 Å². The van der Waals surface area contributed by atoms with Crippen molar-refractivity contribution in [2.24, 2.45) is 5.92 Å². The van der Waals surface area contributed by atoms with Gasteiger partial charge in [-0.3, -0.25) is 0 Å². The van der Waals surface area contributed by atoms with Gasteiger partial charge in [-0.15, -0.1) is 0 Å². The first-order chi connectivity index (χ1) is 16.2. The van der Waals surface area contributed by atoms with Gasteiger partial charge in [0.05, 0.1) is 26.4 Å². The van der Waals surface area contributed by atoms with Crippen LogP contribution in [-0.2, 0) is 4.74 Å². The van der Waals surface area contributed by atoms with E-state index in [-0.39, 0.29) is 22.6 Å². The number of aliphatic hydroxyl groups excluding tert-OH is 4. The first kappa shape index (κ1) is 24.2. The molecule has 2 aliphatic rings. The van der Waals surface area contributed by atoms with Crippen LogP contribution in [0.15, 0.2) is 30.3 Å². The van der Waals surface area contributed by atoms with Crippen LogP contribution in [0.5, 0.6) is 17.2 Å². The Hall–Kier alpha value is -2.89. The van der Waals surface area contributed by atoms with Crippen molar-refractivity contribution in [3.05, 3.63) is 41.5 Å². The second kappa shape index (κ2) is 9.40. The lowest BCUT2D eigenvalue weighted by Gasteiger charge is -2.48. The van der Waals surface area contributed by atoms with Crippen molar-refractivity contribution in [1.29, 1.82) is 0 Å². The fourth-order valence-electron chi connectivity index (χ4n) is 4.75. The first-order valence-corrected chi connectivity index (χ1v) is 10.9. The van der Waals surface area contributed by atoms with Crippen molar-refractivity contribution < 1.29 is 49.6 Å². The quantitative estimate of drug-likeness (QED) is 0.355. The number of carboxylic acid groups (broad SMARTS) is 1. The molecule has 1 aliphatic carbocycles. The Morgan fingerprint density at radius 2 is 1.65 bits per heavy atom. The van der Waals surface area contributed by atoms with Gasteiger partial charge in [-0.25, -0.2) is 4.79 Å². The van der Waals surface area contributed by atoms with E-state index in [1.165, 1.54) is 44.6 Å². The molecule has 1 saturated carbocycles. The van der Waals surface area contributed by atoms with E-state index in [1.807, 2.05) is 0 Å². The molecule has 10 heteroatoms. The summed E-state index contributed by atoms with van der Waals surface area (Å²) in [6.45, 7) is 0. The number of benzene rings is 2. The fourth-order valence-corrected chi connectivity index (χ4v) is 4.75. The Kier molecular flexibility index (Phi) is 6.70. The van der Waals surface area contributed by atoms with Gasteiger partial charge in [-0.2, -0.15) is 0 Å². The maximum Gasteiger partial charge on any atom is 0.340 e. The first-order valence-electron chi connectivity index (χ1n) is 10.9. The van der Waals surface area contributed by atoms with Crippen LogP contribution in [0.25, 0.3) is 11.1 Å². The van der Waals surface area contributed by atoms with Crippen LogP contribution in [0.1, 0.15) is 34.9 Å². The number of rotatable bonds is 6. The molecule has 0 spiro atoms. The fraction of sp³-hybridized carbons (Fsp3) is 0.458. The molecule has 0 radical (unpaired) electrons. The zero-order valence-electron chi connectivity index (χ0n) is 18.7. The van der Waals surface area contributed by atoms with Crippen LogP contribution in [0.2, 0.25) is 0 Å². The average Bonchev–Trinajstić information content (AvgIpc) is 2.82. The topological polar surface area (TPSA) is 166 Å². The number of aromatic hydroxyl groups is 1. The third kappa shape index (κ3) is 3.97. The van der Waals surface area contributed by atoms with Gasteiger partial charge in [0.25, 0.3) is 0 Å². The predicted octanol–water partition coefficient (Wildman–Crippen LogP) is 1.07. The third-order valence-electron chi connectivity index (χ3n) is 6.77. The Balaban J connectivity index is 1.81. The summed E-state index contributed by atoms with van der Waals surface area (Å²) in [5.41, 5.74) is 0.484. The summed E-state index contributed by atoms with van der Waals surface area (Å²) in [7, 11) is 2.76. The molecule has 34 heavy (non-hydrogen) atoms. The average molecular weight is 476 g/mol. The number of aromatic carboxylic acids is 1. The highest BCUT2D eigenvalue weighted by molar-refractivity contribution is 6.00. The largest absolute Gasteiger partial charge is 0.507 e. The number of carbonyl (C=O) groups is 1. The van der Waals surface area contributed by atoms with Crippen LogP contribution in [0.3, 0.4) is 0 Å². The molecule has 1 heterocycles. The van der Waals surface area contributed by atoms with E-state index in [0.29, 0.717) is 24.0 Å². The second-order valence-electron chi connectivity index (χ2n) is 8.60. The summed E-state index contributed by atoms with van der Waals surface area (Å²) in [5.74, 6) is -1.72. The van der Waals surface area contributed by atoms with Crippen molar-refractivity contribution in [3.8, 4) is 28.4 Å². The van der Waals surface area contributed by atoms with Gasteiger partial charge in [0.15, 0.2) is 0 Å². The van der Waals surface area contributed by atoms with Crippen molar-refractivity contribution >= 4 is 5.97 Å². The summed E-state index contributed by atoms with van der Waals surface area (Å²) in [6, 6.07) is 7.27.